The van der Waals surface area contributed by atoms with Gasteiger partial charge in [-0.1, -0.05) is 24.6 Å². The normalized spacial score (nSPS) is 22.8. The summed E-state index contributed by atoms with van der Waals surface area (Å²) in [4.78, 5) is 5.05. The number of para-hydroxylation sites is 1. The Hall–Kier alpha value is -1.10. The van der Waals surface area contributed by atoms with Crippen LogP contribution in [0.25, 0.3) is 0 Å². The Kier molecular flexibility index (Phi) is 6.94. The zero-order chi connectivity index (χ0) is 16.6. The summed E-state index contributed by atoms with van der Waals surface area (Å²) in [5, 5.41) is 0. The Bertz CT molecular complexity index is 488. The summed E-state index contributed by atoms with van der Waals surface area (Å²) >= 11 is 0. The molecule has 2 aliphatic heterocycles. The Morgan fingerprint density at radius 3 is 2.71 bits per heavy atom. The number of hydrogen-bond donors (Lipinski definition) is 0. The molecule has 2 saturated heterocycles. The second-order valence-corrected chi connectivity index (χ2v) is 7.20. The lowest BCUT2D eigenvalue weighted by Gasteiger charge is -2.26. The van der Waals surface area contributed by atoms with E-state index in [1.54, 1.807) is 7.11 Å². The molecule has 1 atom stereocenters. The molecule has 0 spiro atoms. The SMILES string of the molecule is COC[C@@H]1CCN(Cc2ccccc2OCCN2CCCCC2)C1. The fourth-order valence-electron chi connectivity index (χ4n) is 3.91. The van der Waals surface area contributed by atoms with Crippen molar-refractivity contribution in [1.82, 2.24) is 9.80 Å². The summed E-state index contributed by atoms with van der Waals surface area (Å²) in [7, 11) is 1.80. The van der Waals surface area contributed by atoms with Crippen LogP contribution in [0, 0.1) is 5.92 Å². The van der Waals surface area contributed by atoms with Crippen molar-refractivity contribution in [2.24, 2.45) is 5.92 Å². The van der Waals surface area contributed by atoms with E-state index in [4.69, 9.17) is 9.47 Å². The monoisotopic (exact) mass is 332 g/mol. The molecule has 4 nitrogen and oxygen atoms in total. The third-order valence-corrected chi connectivity index (χ3v) is 5.25. The zero-order valence-electron chi connectivity index (χ0n) is 15.1. The highest BCUT2D eigenvalue weighted by molar-refractivity contribution is 5.33. The van der Waals surface area contributed by atoms with Gasteiger partial charge in [0.2, 0.25) is 0 Å². The lowest BCUT2D eigenvalue weighted by Crippen LogP contribution is -2.33. The van der Waals surface area contributed by atoms with Crippen molar-refractivity contribution >= 4 is 0 Å². The van der Waals surface area contributed by atoms with Gasteiger partial charge in [0.05, 0.1) is 6.61 Å². The van der Waals surface area contributed by atoms with Crippen molar-refractivity contribution in [2.75, 3.05) is 53.0 Å². The van der Waals surface area contributed by atoms with Crippen LogP contribution in [0.1, 0.15) is 31.2 Å². The van der Waals surface area contributed by atoms with Gasteiger partial charge in [0.1, 0.15) is 12.4 Å². The molecular weight excluding hydrogens is 300 g/mol. The molecule has 0 amide bonds. The number of ether oxygens (including phenoxy) is 2. The number of benzene rings is 1. The third kappa shape index (κ3) is 5.20. The average Bonchev–Trinajstić information content (AvgIpc) is 3.05. The molecule has 3 rings (SSSR count). The number of likely N-dealkylation sites (tertiary alicyclic amines) is 2. The van der Waals surface area contributed by atoms with E-state index in [1.165, 1.54) is 44.3 Å². The molecule has 4 heteroatoms. The molecule has 134 valence electrons. The van der Waals surface area contributed by atoms with Crippen molar-refractivity contribution < 1.29 is 9.47 Å². The second kappa shape index (κ2) is 9.40. The smallest absolute Gasteiger partial charge is 0.123 e. The molecule has 2 fully saturated rings. The van der Waals surface area contributed by atoms with Crippen LogP contribution in [0.2, 0.25) is 0 Å². The summed E-state index contributed by atoms with van der Waals surface area (Å²) in [5.41, 5.74) is 1.31. The molecule has 0 radical (unpaired) electrons. The van der Waals surface area contributed by atoms with Crippen LogP contribution < -0.4 is 4.74 Å². The van der Waals surface area contributed by atoms with Crippen molar-refractivity contribution in [2.45, 2.75) is 32.2 Å². The van der Waals surface area contributed by atoms with Crippen molar-refractivity contribution in [3.8, 4) is 5.75 Å². The zero-order valence-corrected chi connectivity index (χ0v) is 15.1. The van der Waals surface area contributed by atoms with Gasteiger partial charge >= 0.3 is 0 Å². The predicted octanol–water partition coefficient (Wildman–Crippen LogP) is 3.02. The Morgan fingerprint density at radius 2 is 1.88 bits per heavy atom. The molecule has 2 heterocycles. The lowest BCUT2D eigenvalue weighted by molar-refractivity contribution is 0.152. The van der Waals surface area contributed by atoms with E-state index < -0.39 is 0 Å². The third-order valence-electron chi connectivity index (χ3n) is 5.25. The van der Waals surface area contributed by atoms with E-state index in [1.807, 2.05) is 0 Å². The number of nitrogens with zero attached hydrogens (tertiary/aromatic N) is 2. The number of methoxy groups -OCH3 is 1. The highest BCUT2D eigenvalue weighted by atomic mass is 16.5. The molecule has 1 aromatic rings. The molecule has 0 aliphatic carbocycles. The highest BCUT2D eigenvalue weighted by Gasteiger charge is 2.23. The van der Waals surface area contributed by atoms with E-state index in [9.17, 15) is 0 Å². The fraction of sp³-hybridized carbons (Fsp3) is 0.700. The maximum atomic E-state index is 6.13. The predicted molar refractivity (Wildman–Crippen MR) is 97.5 cm³/mol. The van der Waals surface area contributed by atoms with Gasteiger partial charge in [0, 0.05) is 32.3 Å². The van der Waals surface area contributed by atoms with Crippen molar-refractivity contribution in [3.63, 3.8) is 0 Å². The molecule has 0 bridgehead atoms. The average molecular weight is 332 g/mol. The first kappa shape index (κ1) is 17.7. The van der Waals surface area contributed by atoms with Gasteiger partial charge in [-0.3, -0.25) is 9.80 Å². The molecule has 0 unspecified atom stereocenters. The highest BCUT2D eigenvalue weighted by Crippen LogP contribution is 2.24. The minimum absolute atomic E-state index is 0.683. The molecule has 1 aromatic carbocycles. The summed E-state index contributed by atoms with van der Waals surface area (Å²) in [6, 6.07) is 8.53. The first-order valence-corrected chi connectivity index (χ1v) is 9.49. The first-order chi connectivity index (χ1) is 11.8. The Morgan fingerprint density at radius 1 is 1.04 bits per heavy atom. The summed E-state index contributed by atoms with van der Waals surface area (Å²) in [6.45, 7) is 8.48. The maximum Gasteiger partial charge on any atom is 0.123 e. The van der Waals surface area contributed by atoms with Gasteiger partial charge < -0.3 is 9.47 Å². The standard InChI is InChI=1S/C20H32N2O2/c1-23-17-18-9-12-22(15-18)16-19-7-3-4-8-20(19)24-14-13-21-10-5-2-6-11-21/h3-4,7-8,18H,2,5-6,9-17H2,1H3/t18-/m1/s1. The second-order valence-electron chi connectivity index (χ2n) is 7.20. The molecule has 0 aromatic heterocycles. The van der Waals surface area contributed by atoms with E-state index in [-0.39, 0.29) is 0 Å². The van der Waals surface area contributed by atoms with Crippen LogP contribution in [-0.2, 0) is 11.3 Å². The molecule has 24 heavy (non-hydrogen) atoms. The van der Waals surface area contributed by atoms with Crippen molar-refractivity contribution in [1.29, 1.82) is 0 Å². The number of piperidine rings is 1. The minimum Gasteiger partial charge on any atom is -0.492 e. The minimum atomic E-state index is 0.683. The number of rotatable bonds is 8. The van der Waals surface area contributed by atoms with Gasteiger partial charge in [-0.25, -0.2) is 0 Å². The Labute approximate surface area is 146 Å². The molecule has 0 saturated carbocycles. The van der Waals surface area contributed by atoms with Gasteiger partial charge in [0.25, 0.3) is 0 Å². The maximum absolute atomic E-state index is 6.13. The Balaban J connectivity index is 1.47. The van der Waals surface area contributed by atoms with Crippen LogP contribution in [0.4, 0.5) is 0 Å². The summed E-state index contributed by atoms with van der Waals surface area (Å²) in [6.07, 6.45) is 5.31. The summed E-state index contributed by atoms with van der Waals surface area (Å²) in [5.74, 6) is 1.74. The van der Waals surface area contributed by atoms with Crippen LogP contribution in [-0.4, -0.2) is 62.8 Å². The number of hydrogen-bond acceptors (Lipinski definition) is 4. The van der Waals surface area contributed by atoms with E-state index in [0.717, 1.165) is 45.1 Å². The summed E-state index contributed by atoms with van der Waals surface area (Å²) < 4.78 is 11.4. The topological polar surface area (TPSA) is 24.9 Å². The van der Waals surface area contributed by atoms with Gasteiger partial charge in [-0.2, -0.15) is 0 Å². The van der Waals surface area contributed by atoms with Gasteiger partial charge in [-0.15, -0.1) is 0 Å². The van der Waals surface area contributed by atoms with Gasteiger partial charge in [-0.05, 0) is 50.9 Å². The van der Waals surface area contributed by atoms with E-state index in [2.05, 4.69) is 34.1 Å². The van der Waals surface area contributed by atoms with E-state index in [0.29, 0.717) is 5.92 Å². The fourth-order valence-corrected chi connectivity index (χ4v) is 3.91. The molecule has 2 aliphatic rings. The first-order valence-electron chi connectivity index (χ1n) is 9.49. The van der Waals surface area contributed by atoms with Crippen LogP contribution in [0.3, 0.4) is 0 Å². The van der Waals surface area contributed by atoms with Gasteiger partial charge in [0.15, 0.2) is 0 Å². The molecular formula is C20H32N2O2. The van der Waals surface area contributed by atoms with E-state index >= 15 is 0 Å². The van der Waals surface area contributed by atoms with Crippen LogP contribution in [0.5, 0.6) is 5.75 Å². The van der Waals surface area contributed by atoms with Crippen LogP contribution in [0.15, 0.2) is 24.3 Å². The lowest BCUT2D eigenvalue weighted by atomic mass is 10.1. The quantitative estimate of drug-likeness (QED) is 0.730. The largest absolute Gasteiger partial charge is 0.492 e. The molecule has 0 N–H and O–H groups in total. The van der Waals surface area contributed by atoms with Crippen molar-refractivity contribution in [3.05, 3.63) is 29.8 Å². The van der Waals surface area contributed by atoms with Crippen LogP contribution >= 0.6 is 0 Å².